The molecule has 0 rings (SSSR count). The van der Waals surface area contributed by atoms with E-state index in [0.717, 1.165) is 6.42 Å². The van der Waals surface area contributed by atoms with Crippen molar-refractivity contribution in [2.45, 2.75) is 69.8 Å². The number of carbonyl (C=O) groups is 1. The zero-order chi connectivity index (χ0) is 13.6. The van der Waals surface area contributed by atoms with Crippen molar-refractivity contribution >= 4 is 23.7 Å². The molecule has 0 aliphatic carbocycles. The molecule has 0 atom stereocenters. The molecular weight excluding hydrogens is 219 g/mol. The average Bonchev–Trinajstić information content (AvgIpc) is 2.35. The summed E-state index contributed by atoms with van der Waals surface area (Å²) in [5.41, 5.74) is 0.488. The molecular formula is C15H27LiO2. The summed E-state index contributed by atoms with van der Waals surface area (Å²) in [4.78, 5) is 11.1. The van der Waals surface area contributed by atoms with Gasteiger partial charge in [0.1, 0.15) is 0 Å². The second-order valence-electron chi connectivity index (χ2n) is 5.10. The van der Waals surface area contributed by atoms with E-state index < -0.39 is 0 Å². The van der Waals surface area contributed by atoms with Crippen LogP contribution >= 0.6 is 0 Å². The summed E-state index contributed by atoms with van der Waals surface area (Å²) in [5.74, 6) is -0.258. The van der Waals surface area contributed by atoms with Gasteiger partial charge < -0.3 is 0 Å². The Morgan fingerprint density at radius 2 is 1.39 bits per heavy atom. The van der Waals surface area contributed by atoms with E-state index in [-0.39, 0.29) is 5.97 Å². The van der Waals surface area contributed by atoms with Crippen molar-refractivity contribution in [1.82, 2.24) is 0 Å². The SMILES string of the molecule is [Li][CH2]CCCCCCCCCCOC(=O)C(=C)C. The number of carbonyl (C=O) groups excluding carboxylic acids is 1. The third-order valence-electron chi connectivity index (χ3n) is 3.08. The van der Waals surface area contributed by atoms with Gasteiger partial charge in [0.25, 0.3) is 0 Å². The molecule has 0 aliphatic rings. The summed E-state index contributed by atoms with van der Waals surface area (Å²) in [6.07, 6.45) is 11.6. The second kappa shape index (κ2) is 13.2. The molecule has 100 valence electrons. The van der Waals surface area contributed by atoms with Crippen LogP contribution in [0.15, 0.2) is 12.2 Å². The first kappa shape index (κ1) is 17.8. The van der Waals surface area contributed by atoms with Gasteiger partial charge in [-0.25, -0.2) is 4.79 Å². The summed E-state index contributed by atoms with van der Waals surface area (Å²) in [5, 5.41) is 1.32. The third-order valence-corrected chi connectivity index (χ3v) is 3.08. The minimum atomic E-state index is -0.258. The normalized spacial score (nSPS) is 10.4. The summed E-state index contributed by atoms with van der Waals surface area (Å²) in [6.45, 7) is 5.78. The van der Waals surface area contributed by atoms with E-state index in [2.05, 4.69) is 24.3 Å². The van der Waals surface area contributed by atoms with Gasteiger partial charge in [-0.3, -0.25) is 0 Å². The van der Waals surface area contributed by atoms with Crippen LogP contribution in [0.4, 0.5) is 0 Å². The van der Waals surface area contributed by atoms with Crippen LogP contribution in [0.1, 0.15) is 64.7 Å². The zero-order valence-electron chi connectivity index (χ0n) is 12.3. The van der Waals surface area contributed by atoms with E-state index in [4.69, 9.17) is 4.74 Å². The molecule has 0 unspecified atom stereocenters. The number of rotatable bonds is 12. The van der Waals surface area contributed by atoms with Gasteiger partial charge >= 0.3 is 97.9 Å². The molecule has 0 aromatic heterocycles. The predicted molar refractivity (Wildman–Crippen MR) is 77.9 cm³/mol. The molecule has 0 N–H and O–H groups in total. The molecule has 0 saturated carbocycles. The van der Waals surface area contributed by atoms with Crippen LogP contribution in [0, 0.1) is 0 Å². The minimum absolute atomic E-state index is 0.258. The predicted octanol–water partition coefficient (Wildman–Crippen LogP) is 4.20. The molecule has 2 nitrogen and oxygen atoms in total. The van der Waals surface area contributed by atoms with Crippen LogP contribution in [-0.4, -0.2) is 30.3 Å². The maximum absolute atomic E-state index is 11.1. The molecule has 3 heteroatoms. The number of hydrogen-bond acceptors (Lipinski definition) is 2. The van der Waals surface area contributed by atoms with E-state index in [9.17, 15) is 4.79 Å². The Labute approximate surface area is 122 Å². The van der Waals surface area contributed by atoms with Crippen LogP contribution < -0.4 is 0 Å². The van der Waals surface area contributed by atoms with Gasteiger partial charge in [0.15, 0.2) is 0 Å². The third kappa shape index (κ3) is 12.3. The van der Waals surface area contributed by atoms with E-state index in [1.165, 1.54) is 56.5 Å². The van der Waals surface area contributed by atoms with Gasteiger partial charge in [0.05, 0.1) is 0 Å². The quantitative estimate of drug-likeness (QED) is 0.223. The van der Waals surface area contributed by atoms with E-state index in [1.807, 2.05) is 0 Å². The molecule has 0 saturated heterocycles. The maximum atomic E-state index is 11.1. The molecule has 0 fully saturated rings. The van der Waals surface area contributed by atoms with Crippen LogP contribution in [0.5, 0.6) is 0 Å². The smallest absolute Gasteiger partial charge is 0.247 e. The Balaban J connectivity index is 3.07. The number of ether oxygens (including phenoxy) is 1. The fraction of sp³-hybridized carbons (Fsp3) is 0.800. The molecule has 0 radical (unpaired) electrons. The number of esters is 1. The van der Waals surface area contributed by atoms with Gasteiger partial charge in [-0.15, -0.1) is 0 Å². The number of hydrogen-bond donors (Lipinski definition) is 0. The molecule has 0 amide bonds. The Hall–Kier alpha value is -0.193. The van der Waals surface area contributed by atoms with Crippen LogP contribution in [0.3, 0.4) is 0 Å². The van der Waals surface area contributed by atoms with Crippen LogP contribution in [-0.2, 0) is 9.53 Å². The first-order valence-corrected chi connectivity index (χ1v) is 7.51. The van der Waals surface area contributed by atoms with Gasteiger partial charge in [0, 0.05) is 5.57 Å². The number of unbranched alkanes of at least 4 members (excludes halogenated alkanes) is 8. The topological polar surface area (TPSA) is 26.3 Å². The minimum Gasteiger partial charge on any atom is -0.247 e. The summed E-state index contributed by atoms with van der Waals surface area (Å²) in [6, 6.07) is 0. The fourth-order valence-corrected chi connectivity index (χ4v) is 1.88. The molecule has 0 aliphatic heterocycles. The molecule has 0 spiro atoms. The molecule has 0 heterocycles. The Morgan fingerprint density at radius 1 is 0.944 bits per heavy atom. The first-order chi connectivity index (χ1) is 8.68. The standard InChI is InChI=1S/C15H27O2.Li/c1-4-5-6-7-8-9-10-11-12-13-17-15(16)14(2)3;/h1-2,4-13H2,3H3;. The Bertz CT molecular complexity index is 227. The van der Waals surface area contributed by atoms with Crippen LogP contribution in [0.25, 0.3) is 0 Å². The molecule has 0 aromatic carbocycles. The Kier molecular flexibility index (Phi) is 13.1. The monoisotopic (exact) mass is 246 g/mol. The average molecular weight is 246 g/mol. The van der Waals surface area contributed by atoms with Crippen LogP contribution in [0.2, 0.25) is 5.09 Å². The summed E-state index contributed by atoms with van der Waals surface area (Å²) >= 11 is 2.25. The van der Waals surface area contributed by atoms with Gasteiger partial charge in [-0.2, -0.15) is 0 Å². The van der Waals surface area contributed by atoms with Gasteiger partial charge in [0.2, 0.25) is 0 Å². The summed E-state index contributed by atoms with van der Waals surface area (Å²) < 4.78 is 5.04. The van der Waals surface area contributed by atoms with Gasteiger partial charge in [-0.1, -0.05) is 6.58 Å². The fourth-order valence-electron chi connectivity index (χ4n) is 1.88. The summed E-state index contributed by atoms with van der Waals surface area (Å²) in [7, 11) is 0. The van der Waals surface area contributed by atoms with E-state index >= 15 is 0 Å². The van der Waals surface area contributed by atoms with Crippen molar-refractivity contribution in [2.75, 3.05) is 6.61 Å². The van der Waals surface area contributed by atoms with E-state index in [1.54, 1.807) is 6.92 Å². The Morgan fingerprint density at radius 3 is 1.83 bits per heavy atom. The van der Waals surface area contributed by atoms with Gasteiger partial charge in [-0.05, 0) is 6.92 Å². The molecule has 0 aromatic rings. The van der Waals surface area contributed by atoms with Crippen molar-refractivity contribution in [3.8, 4) is 0 Å². The zero-order valence-corrected chi connectivity index (χ0v) is 12.3. The van der Waals surface area contributed by atoms with Crippen molar-refractivity contribution in [2.24, 2.45) is 0 Å². The van der Waals surface area contributed by atoms with Crippen molar-refractivity contribution in [3.63, 3.8) is 0 Å². The first-order valence-electron chi connectivity index (χ1n) is 7.51. The molecule has 0 bridgehead atoms. The van der Waals surface area contributed by atoms with E-state index in [0.29, 0.717) is 12.2 Å². The van der Waals surface area contributed by atoms with Crippen molar-refractivity contribution in [1.29, 1.82) is 0 Å². The van der Waals surface area contributed by atoms with Crippen molar-refractivity contribution in [3.05, 3.63) is 12.2 Å². The second-order valence-corrected chi connectivity index (χ2v) is 5.10. The van der Waals surface area contributed by atoms with Crippen molar-refractivity contribution < 1.29 is 9.53 Å². The molecule has 18 heavy (non-hydrogen) atoms.